The molecule has 0 aromatic heterocycles. The number of nitrogens with one attached hydrogen (secondary N) is 1. The van der Waals surface area contributed by atoms with Gasteiger partial charge in [0.15, 0.2) is 0 Å². The van der Waals surface area contributed by atoms with Crippen LogP contribution in [0.1, 0.15) is 25.3 Å². The Bertz CT molecular complexity index is 553. The monoisotopic (exact) mass is 255 g/mol. The summed E-state index contributed by atoms with van der Waals surface area (Å²) in [6.45, 7) is 4.89. The maximum Gasteiger partial charge on any atom is 0.0645 e. The van der Waals surface area contributed by atoms with Gasteiger partial charge in [-0.05, 0) is 36.1 Å². The molecule has 2 aromatic carbocycles. The van der Waals surface area contributed by atoms with Gasteiger partial charge in [-0.1, -0.05) is 42.5 Å². The highest BCUT2D eigenvalue weighted by molar-refractivity contribution is 5.85. The van der Waals surface area contributed by atoms with Crippen LogP contribution in [0.5, 0.6) is 0 Å². The minimum atomic E-state index is 0.120. The second-order valence-corrected chi connectivity index (χ2v) is 5.71. The molecule has 1 aliphatic rings. The minimum absolute atomic E-state index is 0.120. The molecule has 0 radical (unpaired) electrons. The smallest absolute Gasteiger partial charge is 0.0645 e. The van der Waals surface area contributed by atoms with E-state index >= 15 is 0 Å². The first kappa shape index (κ1) is 12.6. The van der Waals surface area contributed by atoms with E-state index in [1.807, 2.05) is 0 Å². The van der Waals surface area contributed by atoms with Crippen LogP contribution >= 0.6 is 0 Å². The van der Waals surface area contributed by atoms with E-state index in [4.69, 9.17) is 4.74 Å². The molecule has 19 heavy (non-hydrogen) atoms. The summed E-state index contributed by atoms with van der Waals surface area (Å²) in [7, 11) is 0. The van der Waals surface area contributed by atoms with Crippen molar-refractivity contribution in [3.8, 4) is 0 Å². The first-order valence-electron chi connectivity index (χ1n) is 7.06. The second kappa shape index (κ2) is 5.32. The number of fused-ring (bicyclic) bond motifs is 1. The summed E-state index contributed by atoms with van der Waals surface area (Å²) in [4.78, 5) is 0. The molecule has 1 aliphatic heterocycles. The zero-order valence-electron chi connectivity index (χ0n) is 11.5. The van der Waals surface area contributed by atoms with E-state index in [1.54, 1.807) is 0 Å². The minimum Gasteiger partial charge on any atom is -0.380 e. The molecule has 0 amide bonds. The maximum atomic E-state index is 5.60. The molecule has 0 aliphatic carbocycles. The van der Waals surface area contributed by atoms with Crippen molar-refractivity contribution in [3.63, 3.8) is 0 Å². The molecule has 1 saturated heterocycles. The van der Waals surface area contributed by atoms with Crippen molar-refractivity contribution in [2.45, 2.75) is 31.8 Å². The Kier molecular flexibility index (Phi) is 3.54. The number of hydrogen-bond acceptors (Lipinski definition) is 2. The molecule has 0 saturated carbocycles. The fourth-order valence-corrected chi connectivity index (χ4v) is 2.83. The van der Waals surface area contributed by atoms with Crippen LogP contribution in [-0.2, 0) is 11.3 Å². The predicted molar refractivity (Wildman–Crippen MR) is 79.2 cm³/mol. The molecular weight excluding hydrogens is 234 g/mol. The maximum absolute atomic E-state index is 5.60. The largest absolute Gasteiger partial charge is 0.380 e. The Hall–Kier alpha value is -1.38. The van der Waals surface area contributed by atoms with Crippen molar-refractivity contribution < 1.29 is 4.74 Å². The fourth-order valence-electron chi connectivity index (χ4n) is 2.83. The standard InChI is InChI=1S/C17H21NO/c1-17(10-5-11-19-13-17)18-12-15-8-4-7-14-6-2-3-9-16(14)15/h2-4,6-9,18H,5,10-13H2,1H3. The van der Waals surface area contributed by atoms with Gasteiger partial charge in [-0.15, -0.1) is 0 Å². The molecule has 0 bridgehead atoms. The molecule has 1 heterocycles. The third-order valence-electron chi connectivity index (χ3n) is 4.02. The van der Waals surface area contributed by atoms with Crippen molar-refractivity contribution in [2.24, 2.45) is 0 Å². The van der Waals surface area contributed by atoms with Crippen molar-refractivity contribution >= 4 is 10.8 Å². The second-order valence-electron chi connectivity index (χ2n) is 5.71. The van der Waals surface area contributed by atoms with E-state index in [9.17, 15) is 0 Å². The third kappa shape index (κ3) is 2.80. The Morgan fingerprint density at radius 2 is 2.00 bits per heavy atom. The summed E-state index contributed by atoms with van der Waals surface area (Å²) >= 11 is 0. The van der Waals surface area contributed by atoms with E-state index in [0.29, 0.717) is 0 Å². The molecule has 0 spiro atoms. The summed E-state index contributed by atoms with van der Waals surface area (Å²) in [5, 5.41) is 6.34. The first-order chi connectivity index (χ1) is 9.27. The molecule has 3 rings (SSSR count). The third-order valence-corrected chi connectivity index (χ3v) is 4.02. The molecule has 1 fully saturated rings. The summed E-state index contributed by atoms with van der Waals surface area (Å²) in [6, 6.07) is 15.1. The zero-order valence-corrected chi connectivity index (χ0v) is 11.5. The molecule has 1 atom stereocenters. The molecule has 1 unspecified atom stereocenters. The lowest BCUT2D eigenvalue weighted by Gasteiger charge is -2.34. The normalized spacial score (nSPS) is 23.6. The van der Waals surface area contributed by atoms with Crippen molar-refractivity contribution in [1.82, 2.24) is 5.32 Å². The van der Waals surface area contributed by atoms with Gasteiger partial charge in [0.1, 0.15) is 0 Å². The Balaban J connectivity index is 1.78. The van der Waals surface area contributed by atoms with Gasteiger partial charge in [0.2, 0.25) is 0 Å². The quantitative estimate of drug-likeness (QED) is 0.906. The first-order valence-corrected chi connectivity index (χ1v) is 7.06. The van der Waals surface area contributed by atoms with Gasteiger partial charge in [0, 0.05) is 18.7 Å². The van der Waals surface area contributed by atoms with Crippen LogP contribution in [0.2, 0.25) is 0 Å². The van der Waals surface area contributed by atoms with E-state index in [2.05, 4.69) is 54.7 Å². The molecule has 100 valence electrons. The highest BCUT2D eigenvalue weighted by atomic mass is 16.5. The van der Waals surface area contributed by atoms with Crippen molar-refractivity contribution in [1.29, 1.82) is 0 Å². The van der Waals surface area contributed by atoms with Gasteiger partial charge in [-0.25, -0.2) is 0 Å². The van der Waals surface area contributed by atoms with Crippen LogP contribution in [0.3, 0.4) is 0 Å². The SMILES string of the molecule is CC1(NCc2cccc3ccccc23)CCCOC1. The average Bonchev–Trinajstić information content (AvgIpc) is 2.46. The predicted octanol–water partition coefficient (Wildman–Crippen LogP) is 3.50. The Morgan fingerprint density at radius 3 is 2.84 bits per heavy atom. The van der Waals surface area contributed by atoms with Crippen LogP contribution < -0.4 is 5.32 Å². The molecule has 2 aromatic rings. The summed E-state index contributed by atoms with van der Waals surface area (Å²) in [5.74, 6) is 0. The summed E-state index contributed by atoms with van der Waals surface area (Å²) < 4.78 is 5.60. The van der Waals surface area contributed by atoms with Crippen LogP contribution in [0.4, 0.5) is 0 Å². The van der Waals surface area contributed by atoms with Gasteiger partial charge in [-0.3, -0.25) is 0 Å². The van der Waals surface area contributed by atoms with E-state index < -0.39 is 0 Å². The van der Waals surface area contributed by atoms with Gasteiger partial charge in [0.05, 0.1) is 6.61 Å². The van der Waals surface area contributed by atoms with Crippen LogP contribution in [-0.4, -0.2) is 18.8 Å². The molecular formula is C17H21NO. The van der Waals surface area contributed by atoms with Gasteiger partial charge < -0.3 is 10.1 Å². The lowest BCUT2D eigenvalue weighted by Crippen LogP contribution is -2.48. The van der Waals surface area contributed by atoms with Crippen LogP contribution in [0.15, 0.2) is 42.5 Å². The van der Waals surface area contributed by atoms with E-state index in [-0.39, 0.29) is 5.54 Å². The van der Waals surface area contributed by atoms with Gasteiger partial charge in [-0.2, -0.15) is 0 Å². The zero-order chi connectivity index (χ0) is 13.1. The number of ether oxygens (including phenoxy) is 1. The highest BCUT2D eigenvalue weighted by Gasteiger charge is 2.26. The van der Waals surface area contributed by atoms with Crippen LogP contribution in [0, 0.1) is 0 Å². The van der Waals surface area contributed by atoms with Gasteiger partial charge >= 0.3 is 0 Å². The lowest BCUT2D eigenvalue weighted by atomic mass is 9.94. The van der Waals surface area contributed by atoms with Gasteiger partial charge in [0.25, 0.3) is 0 Å². The summed E-state index contributed by atoms with van der Waals surface area (Å²) in [6.07, 6.45) is 2.34. The van der Waals surface area contributed by atoms with Crippen molar-refractivity contribution in [3.05, 3.63) is 48.0 Å². The average molecular weight is 255 g/mol. The Labute approximate surface area is 114 Å². The fraction of sp³-hybridized carbons (Fsp3) is 0.412. The molecule has 2 nitrogen and oxygen atoms in total. The Morgan fingerprint density at radius 1 is 1.16 bits per heavy atom. The highest BCUT2D eigenvalue weighted by Crippen LogP contribution is 2.22. The molecule has 2 heteroatoms. The molecule has 1 N–H and O–H groups in total. The number of hydrogen-bond donors (Lipinski definition) is 1. The van der Waals surface area contributed by atoms with Crippen LogP contribution in [0.25, 0.3) is 10.8 Å². The number of benzene rings is 2. The summed E-state index contributed by atoms with van der Waals surface area (Å²) in [5.41, 5.74) is 1.49. The number of rotatable bonds is 3. The topological polar surface area (TPSA) is 21.3 Å². The lowest BCUT2D eigenvalue weighted by molar-refractivity contribution is 0.0278. The van der Waals surface area contributed by atoms with Crippen molar-refractivity contribution in [2.75, 3.05) is 13.2 Å². The van der Waals surface area contributed by atoms with E-state index in [1.165, 1.54) is 22.8 Å². The van der Waals surface area contributed by atoms with E-state index in [0.717, 1.165) is 26.2 Å².